The first-order valence-electron chi connectivity index (χ1n) is 9.84. The zero-order valence-electron chi connectivity index (χ0n) is 17.9. The average molecular weight is 412 g/mol. The van der Waals surface area contributed by atoms with Gasteiger partial charge in [-0.3, -0.25) is 9.69 Å². The smallest absolute Gasteiger partial charge is 0.233 e. The number of thiazole rings is 1. The minimum Gasteiger partial charge on any atom is -0.494 e. The van der Waals surface area contributed by atoms with Gasteiger partial charge in [0.05, 0.1) is 18.2 Å². The molecule has 0 unspecified atom stereocenters. The van der Waals surface area contributed by atoms with Crippen molar-refractivity contribution in [3.05, 3.63) is 53.1 Å². The van der Waals surface area contributed by atoms with E-state index in [1.165, 1.54) is 5.56 Å². The first-order valence-corrected chi connectivity index (χ1v) is 10.7. The van der Waals surface area contributed by atoms with Crippen LogP contribution in [0.25, 0.3) is 10.2 Å². The maximum absolute atomic E-state index is 13.3. The Kier molecular flexibility index (Phi) is 6.87. The molecular weight excluding hydrogens is 382 g/mol. The van der Waals surface area contributed by atoms with E-state index in [2.05, 4.69) is 36.9 Å². The van der Waals surface area contributed by atoms with Gasteiger partial charge in [-0.1, -0.05) is 41.2 Å². The lowest BCUT2D eigenvalue weighted by Gasteiger charge is -2.21. The molecule has 0 atom stereocenters. The van der Waals surface area contributed by atoms with E-state index in [9.17, 15) is 4.79 Å². The second kappa shape index (κ2) is 9.37. The standard InChI is InChI=1S/C23H29N3O2S/c1-16-10-11-17(2)18(14-16)15-21(27)26(13-7-12-25(3)4)23-24-22-19(28-5)8-6-9-20(22)29-23/h6,8-11,14H,7,12-13,15H2,1-5H3. The number of methoxy groups -OCH3 is 1. The van der Waals surface area contributed by atoms with Crippen LogP contribution in [0.15, 0.2) is 36.4 Å². The van der Waals surface area contributed by atoms with E-state index in [-0.39, 0.29) is 5.91 Å². The SMILES string of the molecule is COc1cccc2sc(N(CCCN(C)C)C(=O)Cc3cc(C)ccc3C)nc12. The molecule has 0 fully saturated rings. The number of amides is 1. The number of para-hydroxylation sites is 1. The Labute approximate surface area is 176 Å². The summed E-state index contributed by atoms with van der Waals surface area (Å²) in [6.45, 7) is 5.68. The lowest BCUT2D eigenvalue weighted by molar-refractivity contribution is -0.118. The Balaban J connectivity index is 1.91. The highest BCUT2D eigenvalue weighted by atomic mass is 32.1. The fourth-order valence-electron chi connectivity index (χ4n) is 3.31. The fourth-order valence-corrected chi connectivity index (χ4v) is 4.34. The number of ether oxygens (including phenoxy) is 1. The summed E-state index contributed by atoms with van der Waals surface area (Å²) in [6.07, 6.45) is 1.27. The summed E-state index contributed by atoms with van der Waals surface area (Å²) in [6, 6.07) is 12.1. The molecule has 29 heavy (non-hydrogen) atoms. The van der Waals surface area contributed by atoms with Crippen molar-refractivity contribution in [1.29, 1.82) is 0 Å². The molecule has 1 heterocycles. The number of anilines is 1. The normalized spacial score (nSPS) is 11.2. The van der Waals surface area contributed by atoms with Gasteiger partial charge in [0.1, 0.15) is 11.3 Å². The summed E-state index contributed by atoms with van der Waals surface area (Å²) in [5, 5.41) is 0.735. The van der Waals surface area contributed by atoms with Gasteiger partial charge in [-0.05, 0) is 64.2 Å². The minimum absolute atomic E-state index is 0.0791. The zero-order chi connectivity index (χ0) is 21.0. The van der Waals surface area contributed by atoms with Crippen LogP contribution < -0.4 is 9.64 Å². The van der Waals surface area contributed by atoms with Crippen molar-refractivity contribution in [2.75, 3.05) is 39.2 Å². The number of aromatic nitrogens is 1. The van der Waals surface area contributed by atoms with E-state index in [0.717, 1.165) is 45.2 Å². The molecule has 3 aromatic rings. The molecule has 1 aromatic heterocycles. The molecule has 0 bridgehead atoms. The molecule has 154 valence electrons. The van der Waals surface area contributed by atoms with Gasteiger partial charge in [0.25, 0.3) is 0 Å². The molecule has 0 saturated carbocycles. The van der Waals surface area contributed by atoms with Crippen molar-refractivity contribution >= 4 is 32.6 Å². The summed E-state index contributed by atoms with van der Waals surface area (Å²) < 4.78 is 6.48. The third-order valence-electron chi connectivity index (χ3n) is 4.96. The van der Waals surface area contributed by atoms with Crippen molar-refractivity contribution in [3.8, 4) is 5.75 Å². The number of nitrogens with zero attached hydrogens (tertiary/aromatic N) is 3. The molecule has 0 aliphatic rings. The van der Waals surface area contributed by atoms with Crippen LogP contribution in [-0.4, -0.2) is 50.1 Å². The van der Waals surface area contributed by atoms with E-state index >= 15 is 0 Å². The van der Waals surface area contributed by atoms with Crippen LogP contribution in [0.1, 0.15) is 23.1 Å². The van der Waals surface area contributed by atoms with Gasteiger partial charge >= 0.3 is 0 Å². The highest BCUT2D eigenvalue weighted by molar-refractivity contribution is 7.22. The molecule has 1 amide bonds. The van der Waals surface area contributed by atoms with Gasteiger partial charge in [0.2, 0.25) is 5.91 Å². The van der Waals surface area contributed by atoms with Crippen LogP contribution in [0.5, 0.6) is 5.75 Å². The highest BCUT2D eigenvalue weighted by Gasteiger charge is 2.21. The van der Waals surface area contributed by atoms with E-state index in [1.54, 1.807) is 18.4 Å². The molecule has 0 aliphatic carbocycles. The van der Waals surface area contributed by atoms with Gasteiger partial charge < -0.3 is 9.64 Å². The average Bonchev–Trinajstić information content (AvgIpc) is 3.11. The predicted octanol–water partition coefficient (Wildman–Crippen LogP) is 4.45. The Morgan fingerprint density at radius 3 is 2.66 bits per heavy atom. The Hall–Kier alpha value is -2.44. The first kappa shape index (κ1) is 21.3. The second-order valence-corrected chi connectivity index (χ2v) is 8.62. The van der Waals surface area contributed by atoms with Crippen molar-refractivity contribution in [2.45, 2.75) is 26.7 Å². The molecule has 0 radical (unpaired) electrons. The van der Waals surface area contributed by atoms with Crippen LogP contribution in [0.2, 0.25) is 0 Å². The maximum Gasteiger partial charge on any atom is 0.233 e. The predicted molar refractivity (Wildman–Crippen MR) is 121 cm³/mol. The highest BCUT2D eigenvalue weighted by Crippen LogP contribution is 2.34. The number of hydrogen-bond donors (Lipinski definition) is 0. The zero-order valence-corrected chi connectivity index (χ0v) is 18.7. The number of fused-ring (bicyclic) bond motifs is 1. The van der Waals surface area contributed by atoms with E-state index in [4.69, 9.17) is 9.72 Å². The first-order chi connectivity index (χ1) is 13.9. The van der Waals surface area contributed by atoms with Crippen molar-refractivity contribution in [3.63, 3.8) is 0 Å². The summed E-state index contributed by atoms with van der Waals surface area (Å²) in [7, 11) is 5.74. The van der Waals surface area contributed by atoms with Crippen molar-refractivity contribution in [1.82, 2.24) is 9.88 Å². The topological polar surface area (TPSA) is 45.7 Å². The summed E-state index contributed by atoms with van der Waals surface area (Å²) in [5.74, 6) is 0.815. The molecule has 6 heteroatoms. The lowest BCUT2D eigenvalue weighted by atomic mass is 10.0. The van der Waals surface area contributed by atoms with Gasteiger partial charge in [-0.2, -0.15) is 0 Å². The van der Waals surface area contributed by atoms with Crippen LogP contribution >= 0.6 is 11.3 Å². The lowest BCUT2D eigenvalue weighted by Crippen LogP contribution is -2.34. The number of aryl methyl sites for hydroxylation is 2. The van der Waals surface area contributed by atoms with Crippen LogP contribution in [0.3, 0.4) is 0 Å². The van der Waals surface area contributed by atoms with E-state index in [1.807, 2.05) is 37.2 Å². The molecule has 0 saturated heterocycles. The third-order valence-corrected chi connectivity index (χ3v) is 6.00. The molecule has 0 N–H and O–H groups in total. The van der Waals surface area contributed by atoms with Crippen LogP contribution in [-0.2, 0) is 11.2 Å². The fraction of sp³-hybridized carbons (Fsp3) is 0.391. The molecule has 3 rings (SSSR count). The molecule has 0 aliphatic heterocycles. The third kappa shape index (κ3) is 5.14. The van der Waals surface area contributed by atoms with E-state index < -0.39 is 0 Å². The van der Waals surface area contributed by atoms with Gasteiger partial charge in [0, 0.05) is 6.54 Å². The number of hydrogen-bond acceptors (Lipinski definition) is 5. The van der Waals surface area contributed by atoms with E-state index in [0.29, 0.717) is 13.0 Å². The number of benzene rings is 2. The minimum atomic E-state index is 0.0791. The largest absolute Gasteiger partial charge is 0.494 e. The van der Waals surface area contributed by atoms with Gasteiger partial charge in [-0.25, -0.2) is 4.98 Å². The molecule has 5 nitrogen and oxygen atoms in total. The van der Waals surface area contributed by atoms with Gasteiger partial charge in [-0.15, -0.1) is 0 Å². The number of carbonyl (C=O) groups excluding carboxylic acids is 1. The second-order valence-electron chi connectivity index (χ2n) is 7.61. The Morgan fingerprint density at radius 1 is 1.14 bits per heavy atom. The van der Waals surface area contributed by atoms with Crippen molar-refractivity contribution < 1.29 is 9.53 Å². The van der Waals surface area contributed by atoms with Crippen LogP contribution in [0, 0.1) is 13.8 Å². The number of carbonyl (C=O) groups is 1. The van der Waals surface area contributed by atoms with Gasteiger partial charge in [0.15, 0.2) is 5.13 Å². The quantitative estimate of drug-likeness (QED) is 0.549. The molecule has 2 aromatic carbocycles. The summed E-state index contributed by atoms with van der Waals surface area (Å²) in [4.78, 5) is 22.1. The van der Waals surface area contributed by atoms with Crippen molar-refractivity contribution in [2.24, 2.45) is 0 Å². The Bertz CT molecular complexity index is 997. The van der Waals surface area contributed by atoms with Crippen LogP contribution in [0.4, 0.5) is 5.13 Å². The number of rotatable bonds is 8. The molecular formula is C23H29N3O2S. The maximum atomic E-state index is 13.3. The summed E-state index contributed by atoms with van der Waals surface area (Å²) in [5.41, 5.74) is 4.20. The molecule has 0 spiro atoms. The summed E-state index contributed by atoms with van der Waals surface area (Å²) >= 11 is 1.54. The Morgan fingerprint density at radius 2 is 1.93 bits per heavy atom. The monoisotopic (exact) mass is 411 g/mol.